The second kappa shape index (κ2) is 49.8. The van der Waals surface area contributed by atoms with Gasteiger partial charge < -0.3 is 14.9 Å². The second-order valence-electron chi connectivity index (χ2n) is 43.7. The van der Waals surface area contributed by atoms with Crippen molar-refractivity contribution >= 4 is 113 Å². The first-order valence-corrected chi connectivity index (χ1v) is 80.0. The van der Waals surface area contributed by atoms with E-state index in [0.717, 1.165) is 65.3 Å². The maximum Gasteiger partial charge on any atom is 1.00 e. The minimum Gasteiger partial charge on any atom is 1.00 e. The number of hydrogen-bond donors (Lipinski definition) is 0. The Morgan fingerprint density at radius 2 is 0.820 bits per heavy atom. The smallest absolute Gasteiger partial charge is 1.00 e. The summed E-state index contributed by atoms with van der Waals surface area (Å²) >= 11 is 9.60. The number of allylic oxidation sites excluding steroid dienone is 8. The van der Waals surface area contributed by atoms with Crippen molar-refractivity contribution in [2.24, 2.45) is 29.6 Å². The maximum atomic E-state index is 6.92. The molecule has 19 rings (SSSR count). The number of rotatable bonds is 19. The molecule has 0 bridgehead atoms. The first kappa shape index (κ1) is 111. The summed E-state index contributed by atoms with van der Waals surface area (Å²) in [5.74, 6) is 6.89. The zero-order chi connectivity index (χ0) is 92.9. The number of aryl methyl sites for hydroxylation is 5. The molecule has 133 heavy (non-hydrogen) atoms. The van der Waals surface area contributed by atoms with E-state index in [4.69, 9.17) is 28.1 Å². The van der Waals surface area contributed by atoms with Gasteiger partial charge in [-0.15, -0.1) is 0 Å². The van der Waals surface area contributed by atoms with E-state index in [9.17, 15) is 0 Å². The van der Waals surface area contributed by atoms with Gasteiger partial charge in [-0.2, -0.15) is 11.1 Å². The van der Waals surface area contributed by atoms with Gasteiger partial charge in [-0.1, -0.05) is 459 Å². The van der Waals surface area contributed by atoms with Gasteiger partial charge in [0.1, 0.15) is 6.90 Å². The van der Waals surface area contributed by atoms with Gasteiger partial charge in [0, 0.05) is 19.7 Å². The quantitative estimate of drug-likeness (QED) is 0.0430. The van der Waals surface area contributed by atoms with Crippen molar-refractivity contribution in [3.05, 3.63) is 345 Å². The Hall–Kier alpha value is -4.45. The average molecular weight is 2070 g/mol. The van der Waals surface area contributed by atoms with Crippen LogP contribution in [0.2, 0.25) is 95.2 Å². The van der Waals surface area contributed by atoms with E-state index < -0.39 is 65.7 Å². The Labute approximate surface area is 859 Å². The minimum absolute atomic E-state index is 0. The first-order valence-electron chi connectivity index (χ1n) is 50.5. The molecule has 0 aliphatic heterocycles. The van der Waals surface area contributed by atoms with Crippen molar-refractivity contribution in [1.82, 2.24) is 0 Å². The van der Waals surface area contributed by atoms with E-state index in [-0.39, 0.29) is 33.7 Å². The van der Waals surface area contributed by atoms with Crippen molar-refractivity contribution in [2.45, 2.75) is 308 Å². The van der Waals surface area contributed by atoms with Gasteiger partial charge in [0.25, 0.3) is 0 Å². The van der Waals surface area contributed by atoms with Crippen LogP contribution in [0, 0.1) is 79.1 Å². The van der Waals surface area contributed by atoms with Gasteiger partial charge in [-0.3, -0.25) is 0 Å². The Kier molecular flexibility index (Phi) is 41.4. The van der Waals surface area contributed by atoms with Crippen LogP contribution in [0.25, 0.3) is 57.7 Å². The molecule has 0 heterocycles. The van der Waals surface area contributed by atoms with Crippen LogP contribution in [0.15, 0.2) is 247 Å². The molecule has 12 atom stereocenters. The van der Waals surface area contributed by atoms with Crippen molar-refractivity contribution in [2.75, 3.05) is 0 Å². The van der Waals surface area contributed by atoms with Crippen molar-refractivity contribution in [1.29, 1.82) is 0 Å². The van der Waals surface area contributed by atoms with E-state index in [0.29, 0.717) is 16.6 Å². The molecule has 0 saturated heterocycles. The molecular weight excluding hydrogens is 1910 g/mol. The van der Waals surface area contributed by atoms with Crippen molar-refractivity contribution in [3.63, 3.8) is 0 Å². The molecule has 0 radical (unpaired) electrons. The normalized spacial score (nSPS) is 22.4. The molecule has 9 aromatic carbocycles. The predicted molar refractivity (Wildman–Crippen MR) is 606 cm³/mol. The van der Waals surface area contributed by atoms with Crippen LogP contribution in [-0.4, -0.2) is 44.9 Å². The van der Waals surface area contributed by atoms with Crippen LogP contribution in [-0.2, 0) is 33.7 Å². The predicted octanol–water partition coefficient (Wildman–Crippen LogP) is 36.1. The Balaban J connectivity index is 0.000000169. The van der Waals surface area contributed by atoms with Gasteiger partial charge >= 0.3 is 56.7 Å². The summed E-state index contributed by atoms with van der Waals surface area (Å²) in [7, 11) is 2.84. The number of benzene rings is 9. The summed E-state index contributed by atoms with van der Waals surface area (Å²) < 4.78 is 1.23. The molecule has 702 valence electrons. The van der Waals surface area contributed by atoms with Crippen molar-refractivity contribution in [3.8, 4) is 33.4 Å². The zero-order valence-electron chi connectivity index (χ0n) is 85.8. The fraction of sp³-hybridized carbons (Fsp3) is 0.438. The third kappa shape index (κ3) is 25.2. The van der Waals surface area contributed by atoms with Crippen LogP contribution in [0.1, 0.15) is 249 Å². The zero-order valence-corrected chi connectivity index (χ0v) is 98.1. The Morgan fingerprint density at radius 1 is 0.383 bits per heavy atom. The van der Waals surface area contributed by atoms with E-state index >= 15 is 0 Å². The Bertz CT molecular complexity index is 5510. The molecule has 0 amide bonds. The largest absolute Gasteiger partial charge is 1.00 e. The van der Waals surface area contributed by atoms with E-state index in [1.54, 1.807) is 59.9 Å². The third-order valence-corrected chi connectivity index (χ3v) is 95.6. The van der Waals surface area contributed by atoms with E-state index in [1.807, 2.05) is 0 Å². The topological polar surface area (TPSA) is 0 Å². The third-order valence-electron chi connectivity index (χ3n) is 35.1. The summed E-state index contributed by atoms with van der Waals surface area (Å²) in [5, 5.41) is 0. The fourth-order valence-electron chi connectivity index (χ4n) is 25.3. The van der Waals surface area contributed by atoms with Crippen LogP contribution >= 0.6 is 44.0 Å². The van der Waals surface area contributed by atoms with Crippen LogP contribution in [0.5, 0.6) is 0 Å². The van der Waals surface area contributed by atoms with Crippen LogP contribution in [0.3, 0.4) is 0 Å². The van der Waals surface area contributed by atoms with E-state index in [1.165, 1.54) is 195 Å². The molecule has 12 unspecified atom stereocenters. The summed E-state index contributed by atoms with van der Waals surface area (Å²) in [6, 6.07) is 71.2. The maximum absolute atomic E-state index is 6.92. The molecule has 0 aromatic heterocycles. The standard InChI is InChI=1S/C29H50Si2.C29H38Si2.C20H25ClSi2.C16H22.C16H14.C9H7Br.2CH3.2ClH.Li.Zr/c2*1-7-8-13-23-17-18-24(21-23)30(3,4)31(5,6)29-20-19-27-26(15-11-16-28(27)29)25-14-10-9-12-22(25)2;1-15-9-6-7-10-16(15)17-11-8-12-19-18(17)13-14-20(19)22(2,3)23(4,5)21;2*1-12-6-2-3-9-14(12)16-11-5-8-13-7-4-10-15(13)16;10-9-6-2-4-7-3-1-5-8(7)9;;;;;;/h9-10,12,14,23-24,26-29H,7-8,11,13,15-21H2,1-6H3;9-12,14-21,24,29H,7-8,13H2,1-6H3;6-14,20H,1-5H3;2-3,6,9,13,15-16H,4-5,7-8,10-11H2,1H3;2-9,11H,10H2,1H3;1-4,6H,5H2;2*1H3;2*1H;;/q;;;;;;2*-1;;;+1;+4/p-2. The summed E-state index contributed by atoms with van der Waals surface area (Å²) in [5.41, 5.74) is 35.9. The average Bonchev–Trinajstić information content (AvgIpc) is 1.61. The fourth-order valence-corrected chi connectivity index (χ4v) is 57.1. The molecule has 12 heteroatoms. The molecule has 5 saturated carbocycles. The molecule has 5 fully saturated rings. The van der Waals surface area contributed by atoms with Gasteiger partial charge in [-0.25, -0.2) is 0 Å². The first-order chi connectivity index (χ1) is 62.3. The van der Waals surface area contributed by atoms with Crippen LogP contribution in [0.4, 0.5) is 0 Å². The molecule has 10 aliphatic rings. The summed E-state index contributed by atoms with van der Waals surface area (Å²) in [6.07, 6.45) is 57.8. The second-order valence-corrected chi connectivity index (χ2v) is 98.8. The molecular formula is C121H162BrCl3LiSi6Zr+. The van der Waals surface area contributed by atoms with Gasteiger partial charge in [0.2, 0.25) is 0 Å². The number of fused-ring (bicyclic) bond motifs is 6. The SMILES string of the molecule is Brc1cccc2c1CC=C2.CCCCC1=CC([Si](C)(C)[Si](C)(C)C2C=Cc3c(-c4ccccc4C)cccc32)C=C1.CCCCC1CCC([Si](C)(C)[Si](C)(C)C2CCC3C(c4ccccc4C)CCCC32)C1.Cc1ccccc1-c1cccc2c1C=CC2[Si](C)(C)[Si](C)(C)Cl.Cc1ccccc1-c1cccc2c1CC=C2.Cc1ccccc1C1CCCC2CCCC21.[CH3-].[CH3-].[Cl][Zr+2][Cl].[Li+]. The minimum atomic E-state index is -1.67. The van der Waals surface area contributed by atoms with E-state index in [2.05, 4.69) is 404 Å². The number of unbranched alkanes of at least 4 members (excludes halogenated alkanes) is 2. The Morgan fingerprint density at radius 3 is 1.34 bits per heavy atom. The van der Waals surface area contributed by atoms with Crippen molar-refractivity contribution < 1.29 is 39.7 Å². The molecule has 9 aromatic rings. The number of halogens is 4. The molecule has 0 N–H and O–H groups in total. The van der Waals surface area contributed by atoms with Gasteiger partial charge in [-0.05, 0) is 278 Å². The molecule has 0 nitrogen and oxygen atoms in total. The molecule has 0 spiro atoms. The number of hydrogen-bond acceptors (Lipinski definition) is 0. The van der Waals surface area contributed by atoms with Crippen LogP contribution < -0.4 is 18.9 Å². The molecule has 10 aliphatic carbocycles. The summed E-state index contributed by atoms with van der Waals surface area (Å²) in [6.45, 7) is 46.0. The monoisotopic (exact) mass is 2060 g/mol. The summed E-state index contributed by atoms with van der Waals surface area (Å²) in [4.78, 5) is 0. The van der Waals surface area contributed by atoms with Gasteiger partial charge in [0.15, 0.2) is 0 Å². The van der Waals surface area contributed by atoms with Gasteiger partial charge in [0.05, 0.1) is 22.8 Å².